The lowest BCUT2D eigenvalue weighted by atomic mass is 9.69. The van der Waals surface area contributed by atoms with Crippen LogP contribution in [0.15, 0.2) is 0 Å². The normalized spacial score (nSPS) is 21.1. The first kappa shape index (κ1) is 12.9. The smallest absolute Gasteiger partial charge is 0.216 e. The molecule has 15 heavy (non-hydrogen) atoms. The zero-order valence-electron chi connectivity index (χ0n) is 9.84. The molecule has 5 heteroatoms. The molecule has 90 valence electrons. The van der Waals surface area contributed by atoms with Gasteiger partial charge in [-0.05, 0) is 45.6 Å². The summed E-state index contributed by atoms with van der Waals surface area (Å²) in [6, 6.07) is 0. The highest BCUT2D eigenvalue weighted by Crippen LogP contribution is 2.39. The molecule has 1 aliphatic carbocycles. The number of rotatable bonds is 4. The number of nitrogens with two attached hydrogens (primary N) is 1. The van der Waals surface area contributed by atoms with Crippen LogP contribution in [0.25, 0.3) is 0 Å². The van der Waals surface area contributed by atoms with Crippen molar-refractivity contribution in [1.29, 1.82) is 0 Å². The van der Waals surface area contributed by atoms with Crippen molar-refractivity contribution in [3.05, 3.63) is 0 Å². The van der Waals surface area contributed by atoms with Gasteiger partial charge in [0.1, 0.15) is 0 Å². The Morgan fingerprint density at radius 3 is 2.13 bits per heavy atom. The van der Waals surface area contributed by atoms with E-state index in [0.29, 0.717) is 13.1 Å². The second-order valence-electron chi connectivity index (χ2n) is 5.49. The minimum Gasteiger partial charge on any atom is -0.330 e. The van der Waals surface area contributed by atoms with Crippen LogP contribution in [0.5, 0.6) is 0 Å². The molecule has 0 spiro atoms. The molecule has 0 unspecified atom stereocenters. The van der Waals surface area contributed by atoms with E-state index in [1.165, 1.54) is 0 Å². The molecule has 0 bridgehead atoms. The van der Waals surface area contributed by atoms with E-state index >= 15 is 0 Å². The summed E-state index contributed by atoms with van der Waals surface area (Å²) in [6.07, 6.45) is 3.24. The van der Waals surface area contributed by atoms with E-state index in [4.69, 9.17) is 5.73 Å². The van der Waals surface area contributed by atoms with E-state index in [0.717, 1.165) is 19.3 Å². The molecule has 0 aromatic heterocycles. The van der Waals surface area contributed by atoms with Gasteiger partial charge in [0.25, 0.3) is 0 Å². The standard InChI is InChI=1S/C10H22N2O2S/c1-9(2,3)15(13,14)12-8-10(7-11)5-4-6-10/h12H,4-8,11H2,1-3H3. The Morgan fingerprint density at radius 2 is 1.87 bits per heavy atom. The van der Waals surface area contributed by atoms with Gasteiger partial charge in [0.05, 0.1) is 4.75 Å². The third kappa shape index (κ3) is 2.71. The minimum absolute atomic E-state index is 0.0261. The van der Waals surface area contributed by atoms with Crippen molar-refractivity contribution in [2.24, 2.45) is 11.1 Å². The molecule has 0 radical (unpaired) electrons. The van der Waals surface area contributed by atoms with Gasteiger partial charge in [0.15, 0.2) is 0 Å². The Bertz CT molecular complexity index is 307. The van der Waals surface area contributed by atoms with Crippen molar-refractivity contribution in [2.45, 2.75) is 44.8 Å². The van der Waals surface area contributed by atoms with Gasteiger partial charge in [-0.15, -0.1) is 0 Å². The third-order valence-electron chi connectivity index (χ3n) is 3.29. The SMILES string of the molecule is CC(C)(C)S(=O)(=O)NCC1(CN)CCC1. The minimum atomic E-state index is -3.22. The summed E-state index contributed by atoms with van der Waals surface area (Å²) >= 11 is 0. The highest BCUT2D eigenvalue weighted by atomic mass is 32.2. The van der Waals surface area contributed by atoms with Crippen LogP contribution < -0.4 is 10.5 Å². The summed E-state index contributed by atoms with van der Waals surface area (Å²) in [5.74, 6) is 0. The van der Waals surface area contributed by atoms with E-state index in [2.05, 4.69) is 4.72 Å². The van der Waals surface area contributed by atoms with Gasteiger partial charge in [-0.2, -0.15) is 0 Å². The topological polar surface area (TPSA) is 72.2 Å². The van der Waals surface area contributed by atoms with Gasteiger partial charge in [-0.3, -0.25) is 0 Å². The quantitative estimate of drug-likeness (QED) is 0.757. The summed E-state index contributed by atoms with van der Waals surface area (Å²) in [4.78, 5) is 0. The largest absolute Gasteiger partial charge is 0.330 e. The van der Waals surface area contributed by atoms with E-state index < -0.39 is 14.8 Å². The zero-order chi connectivity index (χ0) is 11.7. The molecule has 0 aromatic carbocycles. The van der Waals surface area contributed by atoms with Crippen LogP contribution >= 0.6 is 0 Å². The Hall–Kier alpha value is -0.130. The summed E-state index contributed by atoms with van der Waals surface area (Å²) < 4.78 is 25.5. The average molecular weight is 234 g/mol. The number of nitrogens with one attached hydrogen (secondary N) is 1. The monoisotopic (exact) mass is 234 g/mol. The van der Waals surface area contributed by atoms with Crippen molar-refractivity contribution >= 4 is 10.0 Å². The van der Waals surface area contributed by atoms with Gasteiger partial charge in [0, 0.05) is 6.54 Å². The van der Waals surface area contributed by atoms with Crippen LogP contribution in [0.4, 0.5) is 0 Å². The molecular weight excluding hydrogens is 212 g/mol. The van der Waals surface area contributed by atoms with E-state index in [9.17, 15) is 8.42 Å². The molecule has 0 heterocycles. The Kier molecular flexibility index (Phi) is 3.48. The molecular formula is C10H22N2O2S. The maximum atomic E-state index is 11.8. The Morgan fingerprint density at radius 1 is 1.33 bits per heavy atom. The first-order valence-corrected chi connectivity index (χ1v) is 6.90. The third-order valence-corrected chi connectivity index (χ3v) is 5.43. The van der Waals surface area contributed by atoms with Crippen LogP contribution in [-0.2, 0) is 10.0 Å². The first-order chi connectivity index (χ1) is 6.72. The van der Waals surface area contributed by atoms with Gasteiger partial charge in [-0.1, -0.05) is 6.42 Å². The van der Waals surface area contributed by atoms with E-state index in [1.54, 1.807) is 20.8 Å². The average Bonchev–Trinajstić information content (AvgIpc) is 2.00. The fourth-order valence-electron chi connectivity index (χ4n) is 1.59. The molecule has 0 atom stereocenters. The summed E-state index contributed by atoms with van der Waals surface area (Å²) in [5.41, 5.74) is 5.70. The Balaban J connectivity index is 2.57. The molecule has 1 rings (SSSR count). The first-order valence-electron chi connectivity index (χ1n) is 5.42. The zero-order valence-corrected chi connectivity index (χ0v) is 10.7. The van der Waals surface area contributed by atoms with Gasteiger partial charge in [0.2, 0.25) is 10.0 Å². The second-order valence-corrected chi connectivity index (χ2v) is 8.01. The number of sulfonamides is 1. The van der Waals surface area contributed by atoms with Crippen LogP contribution in [0.2, 0.25) is 0 Å². The fourth-order valence-corrected chi connectivity index (χ4v) is 2.52. The molecule has 1 fully saturated rings. The molecule has 0 amide bonds. The van der Waals surface area contributed by atoms with E-state index in [1.807, 2.05) is 0 Å². The molecule has 1 aliphatic rings. The highest BCUT2D eigenvalue weighted by molar-refractivity contribution is 7.90. The highest BCUT2D eigenvalue weighted by Gasteiger charge is 2.38. The van der Waals surface area contributed by atoms with Crippen molar-refractivity contribution < 1.29 is 8.42 Å². The second kappa shape index (κ2) is 4.03. The lowest BCUT2D eigenvalue weighted by Crippen LogP contribution is -2.50. The lowest BCUT2D eigenvalue weighted by Gasteiger charge is -2.41. The van der Waals surface area contributed by atoms with Crippen molar-refractivity contribution in [1.82, 2.24) is 4.72 Å². The number of hydrogen-bond donors (Lipinski definition) is 2. The maximum Gasteiger partial charge on any atom is 0.216 e. The molecule has 0 aromatic rings. The van der Waals surface area contributed by atoms with Gasteiger partial charge < -0.3 is 5.73 Å². The van der Waals surface area contributed by atoms with Crippen LogP contribution in [-0.4, -0.2) is 26.3 Å². The molecule has 1 saturated carbocycles. The molecule has 4 nitrogen and oxygen atoms in total. The van der Waals surface area contributed by atoms with Crippen molar-refractivity contribution in [2.75, 3.05) is 13.1 Å². The van der Waals surface area contributed by atoms with E-state index in [-0.39, 0.29) is 5.41 Å². The van der Waals surface area contributed by atoms with Crippen LogP contribution in [0.1, 0.15) is 40.0 Å². The van der Waals surface area contributed by atoms with Gasteiger partial charge >= 0.3 is 0 Å². The van der Waals surface area contributed by atoms with Crippen LogP contribution in [0, 0.1) is 5.41 Å². The van der Waals surface area contributed by atoms with Crippen molar-refractivity contribution in [3.63, 3.8) is 0 Å². The predicted molar refractivity (Wildman–Crippen MR) is 62.0 cm³/mol. The van der Waals surface area contributed by atoms with Crippen LogP contribution in [0.3, 0.4) is 0 Å². The number of hydrogen-bond acceptors (Lipinski definition) is 3. The molecule has 0 saturated heterocycles. The van der Waals surface area contributed by atoms with Crippen molar-refractivity contribution in [3.8, 4) is 0 Å². The maximum absolute atomic E-state index is 11.8. The molecule has 0 aliphatic heterocycles. The predicted octanol–water partition coefficient (Wildman–Crippen LogP) is 0.833. The lowest BCUT2D eigenvalue weighted by molar-refractivity contribution is 0.150. The summed E-state index contributed by atoms with van der Waals surface area (Å²) in [5, 5.41) is 0. The summed E-state index contributed by atoms with van der Waals surface area (Å²) in [6.45, 7) is 6.16. The Labute approximate surface area is 92.7 Å². The fraction of sp³-hybridized carbons (Fsp3) is 1.00. The molecule has 3 N–H and O–H groups in total. The van der Waals surface area contributed by atoms with Gasteiger partial charge in [-0.25, -0.2) is 13.1 Å². The summed E-state index contributed by atoms with van der Waals surface area (Å²) in [7, 11) is -3.22.